The number of carbonyl (C=O) groups is 1. The largest absolute Gasteiger partial charge is 0.494 e. The molecular formula is C14H17FN2O3. The third kappa shape index (κ3) is 2.74. The number of nitrogens with zero attached hydrogens (tertiary/aromatic N) is 2. The third-order valence-electron chi connectivity index (χ3n) is 3.52. The first kappa shape index (κ1) is 14.3. The summed E-state index contributed by atoms with van der Waals surface area (Å²) in [7, 11) is 1.38. The number of oxime groups is 1. The van der Waals surface area contributed by atoms with E-state index in [2.05, 4.69) is 5.16 Å². The molecule has 1 aromatic carbocycles. The zero-order valence-electron chi connectivity index (χ0n) is 11.5. The number of halogens is 1. The van der Waals surface area contributed by atoms with E-state index < -0.39 is 5.82 Å². The number of likely N-dealkylation sites (tertiary alicyclic amines) is 1. The molecule has 20 heavy (non-hydrogen) atoms. The Labute approximate surface area is 116 Å². The Balaban J connectivity index is 2.14. The predicted molar refractivity (Wildman–Crippen MR) is 71.9 cm³/mol. The van der Waals surface area contributed by atoms with Crippen LogP contribution in [0.15, 0.2) is 23.4 Å². The van der Waals surface area contributed by atoms with Gasteiger partial charge in [-0.15, -0.1) is 0 Å². The second-order valence-electron chi connectivity index (χ2n) is 4.84. The second-order valence-corrected chi connectivity index (χ2v) is 4.84. The van der Waals surface area contributed by atoms with Crippen molar-refractivity contribution in [2.45, 2.75) is 13.3 Å². The second kappa shape index (κ2) is 5.90. The quantitative estimate of drug-likeness (QED) is 0.667. The minimum atomic E-state index is -0.555. The van der Waals surface area contributed by atoms with Gasteiger partial charge in [0, 0.05) is 31.0 Å². The van der Waals surface area contributed by atoms with Crippen molar-refractivity contribution in [2.75, 3.05) is 20.2 Å². The molecule has 6 heteroatoms. The maximum atomic E-state index is 13.6. The standard InChI is InChI=1S/C14H17FN2O3/c1-9-8-17(6-5-12(9)16-19)14(18)10-3-4-13(20-2)11(15)7-10/h3-4,7,9,19H,5-6,8H2,1-2H3/b16-12-. The Morgan fingerprint density at radius 2 is 2.30 bits per heavy atom. The predicted octanol–water partition coefficient (Wildman–Crippen LogP) is 2.15. The summed E-state index contributed by atoms with van der Waals surface area (Å²) in [5.74, 6) is -0.666. The van der Waals surface area contributed by atoms with Crippen LogP contribution in [0.25, 0.3) is 0 Å². The number of piperidine rings is 1. The third-order valence-corrected chi connectivity index (χ3v) is 3.52. The summed E-state index contributed by atoms with van der Waals surface area (Å²) < 4.78 is 18.5. The smallest absolute Gasteiger partial charge is 0.253 e. The van der Waals surface area contributed by atoms with Crippen LogP contribution < -0.4 is 4.74 Å². The van der Waals surface area contributed by atoms with E-state index in [1.807, 2.05) is 6.92 Å². The molecule has 1 amide bonds. The molecule has 108 valence electrons. The lowest BCUT2D eigenvalue weighted by Gasteiger charge is -2.31. The summed E-state index contributed by atoms with van der Waals surface area (Å²) in [4.78, 5) is 13.9. The van der Waals surface area contributed by atoms with Crippen LogP contribution >= 0.6 is 0 Å². The van der Waals surface area contributed by atoms with Crippen molar-refractivity contribution in [3.05, 3.63) is 29.6 Å². The van der Waals surface area contributed by atoms with Gasteiger partial charge >= 0.3 is 0 Å². The Morgan fingerprint density at radius 3 is 2.85 bits per heavy atom. The molecule has 1 aromatic rings. The summed E-state index contributed by atoms with van der Waals surface area (Å²) in [6.45, 7) is 2.82. The van der Waals surface area contributed by atoms with Gasteiger partial charge in [0.05, 0.1) is 12.8 Å². The minimum Gasteiger partial charge on any atom is -0.494 e. The molecule has 1 N–H and O–H groups in total. The van der Waals surface area contributed by atoms with Gasteiger partial charge in [-0.2, -0.15) is 0 Å². The van der Waals surface area contributed by atoms with Crippen LogP contribution in [0.3, 0.4) is 0 Å². The highest BCUT2D eigenvalue weighted by Gasteiger charge is 2.26. The van der Waals surface area contributed by atoms with Gasteiger partial charge in [0.15, 0.2) is 11.6 Å². The van der Waals surface area contributed by atoms with Gasteiger partial charge in [-0.3, -0.25) is 4.79 Å². The van der Waals surface area contributed by atoms with Crippen molar-refractivity contribution >= 4 is 11.6 Å². The average molecular weight is 280 g/mol. The Morgan fingerprint density at radius 1 is 1.55 bits per heavy atom. The van der Waals surface area contributed by atoms with Crippen LogP contribution in [-0.4, -0.2) is 41.9 Å². The number of rotatable bonds is 2. The highest BCUT2D eigenvalue weighted by molar-refractivity contribution is 5.96. The van der Waals surface area contributed by atoms with E-state index in [0.717, 1.165) is 0 Å². The first-order valence-electron chi connectivity index (χ1n) is 6.40. The molecule has 0 saturated carbocycles. The maximum Gasteiger partial charge on any atom is 0.253 e. The van der Waals surface area contributed by atoms with Crippen LogP contribution in [0.2, 0.25) is 0 Å². The van der Waals surface area contributed by atoms with Crippen molar-refractivity contribution in [3.63, 3.8) is 0 Å². The molecule has 1 fully saturated rings. The Bertz CT molecular complexity index is 545. The van der Waals surface area contributed by atoms with Crippen LogP contribution in [-0.2, 0) is 0 Å². The first-order chi connectivity index (χ1) is 9.56. The maximum absolute atomic E-state index is 13.6. The minimum absolute atomic E-state index is 0.000736. The fourth-order valence-electron chi connectivity index (χ4n) is 2.34. The normalized spacial score (nSPS) is 21.1. The number of carbonyl (C=O) groups excluding carboxylic acids is 1. The fraction of sp³-hybridized carbons (Fsp3) is 0.429. The summed E-state index contributed by atoms with van der Waals surface area (Å²) in [5, 5.41) is 12.1. The number of hydrogen-bond acceptors (Lipinski definition) is 4. The molecule has 0 spiro atoms. The van der Waals surface area contributed by atoms with E-state index in [0.29, 0.717) is 30.8 Å². The lowest BCUT2D eigenvalue weighted by molar-refractivity contribution is 0.0733. The van der Waals surface area contributed by atoms with E-state index in [1.54, 1.807) is 11.0 Å². The lowest BCUT2D eigenvalue weighted by atomic mass is 9.97. The molecular weight excluding hydrogens is 263 g/mol. The van der Waals surface area contributed by atoms with Crippen LogP contribution in [0.5, 0.6) is 5.75 Å². The number of methoxy groups -OCH3 is 1. The van der Waals surface area contributed by atoms with Crippen LogP contribution in [0.1, 0.15) is 23.7 Å². The summed E-state index contributed by atoms with van der Waals surface area (Å²) in [6, 6.07) is 4.17. The zero-order chi connectivity index (χ0) is 14.7. The SMILES string of the molecule is COc1ccc(C(=O)N2CC/C(=N/O)C(C)C2)cc1F. The summed E-state index contributed by atoms with van der Waals surface area (Å²) in [6.07, 6.45) is 0.530. The molecule has 0 bridgehead atoms. The lowest BCUT2D eigenvalue weighted by Crippen LogP contribution is -2.43. The van der Waals surface area contributed by atoms with Gasteiger partial charge in [-0.25, -0.2) is 4.39 Å². The molecule has 1 aliphatic rings. The molecule has 1 heterocycles. The molecule has 0 radical (unpaired) electrons. The summed E-state index contributed by atoms with van der Waals surface area (Å²) >= 11 is 0. The highest BCUT2D eigenvalue weighted by Crippen LogP contribution is 2.21. The van der Waals surface area contributed by atoms with Gasteiger partial charge < -0.3 is 14.8 Å². The number of hydrogen-bond donors (Lipinski definition) is 1. The van der Waals surface area contributed by atoms with Crippen LogP contribution in [0.4, 0.5) is 4.39 Å². The van der Waals surface area contributed by atoms with E-state index >= 15 is 0 Å². The highest BCUT2D eigenvalue weighted by atomic mass is 19.1. The molecule has 1 atom stereocenters. The molecule has 1 aliphatic heterocycles. The zero-order valence-corrected chi connectivity index (χ0v) is 11.5. The Hall–Kier alpha value is -2.11. The molecule has 1 unspecified atom stereocenters. The van der Waals surface area contributed by atoms with E-state index in [-0.39, 0.29) is 17.6 Å². The van der Waals surface area contributed by atoms with Crippen molar-refractivity contribution in [1.82, 2.24) is 4.90 Å². The van der Waals surface area contributed by atoms with Gasteiger partial charge in [-0.05, 0) is 18.2 Å². The Kier molecular flexibility index (Phi) is 4.22. The fourth-order valence-corrected chi connectivity index (χ4v) is 2.34. The number of benzene rings is 1. The number of ether oxygens (including phenoxy) is 1. The van der Waals surface area contributed by atoms with Gasteiger partial charge in [-0.1, -0.05) is 12.1 Å². The van der Waals surface area contributed by atoms with Crippen LogP contribution in [0, 0.1) is 11.7 Å². The van der Waals surface area contributed by atoms with E-state index in [1.165, 1.54) is 19.2 Å². The van der Waals surface area contributed by atoms with Gasteiger partial charge in [0.25, 0.3) is 5.91 Å². The molecule has 0 aromatic heterocycles. The molecule has 0 aliphatic carbocycles. The van der Waals surface area contributed by atoms with Gasteiger partial charge in [0.1, 0.15) is 0 Å². The van der Waals surface area contributed by atoms with Crippen molar-refractivity contribution < 1.29 is 19.1 Å². The van der Waals surface area contributed by atoms with E-state index in [9.17, 15) is 9.18 Å². The van der Waals surface area contributed by atoms with Crippen molar-refractivity contribution in [1.29, 1.82) is 0 Å². The number of amides is 1. The summed E-state index contributed by atoms with van der Waals surface area (Å²) in [5.41, 5.74) is 0.981. The van der Waals surface area contributed by atoms with Gasteiger partial charge in [0.2, 0.25) is 0 Å². The molecule has 2 rings (SSSR count). The first-order valence-corrected chi connectivity index (χ1v) is 6.40. The molecule has 1 saturated heterocycles. The van der Waals surface area contributed by atoms with E-state index in [4.69, 9.17) is 9.94 Å². The average Bonchev–Trinajstić information content (AvgIpc) is 2.46. The monoisotopic (exact) mass is 280 g/mol. The topological polar surface area (TPSA) is 62.1 Å². The van der Waals surface area contributed by atoms with Crippen molar-refractivity contribution in [2.24, 2.45) is 11.1 Å². The molecule has 5 nitrogen and oxygen atoms in total. The van der Waals surface area contributed by atoms with Crippen molar-refractivity contribution in [3.8, 4) is 5.75 Å².